The van der Waals surface area contributed by atoms with Crippen molar-refractivity contribution in [3.8, 4) is 17.1 Å². The Morgan fingerprint density at radius 2 is 2.04 bits per heavy atom. The lowest BCUT2D eigenvalue weighted by molar-refractivity contribution is -0.115. The molecule has 2 heterocycles. The molecule has 10 heteroatoms. The molecule has 0 fully saturated rings. The van der Waals surface area contributed by atoms with E-state index in [0.29, 0.717) is 16.7 Å². The number of halogens is 1. The number of rotatable bonds is 6. The topological polar surface area (TPSA) is 108 Å². The molecule has 0 radical (unpaired) electrons. The van der Waals surface area contributed by atoms with Gasteiger partial charge in [-0.2, -0.15) is 0 Å². The van der Waals surface area contributed by atoms with Crippen molar-refractivity contribution in [3.63, 3.8) is 0 Å². The molecule has 2 aromatic heterocycles. The lowest BCUT2D eigenvalue weighted by Gasteiger charge is -2.12. The maximum Gasteiger partial charge on any atom is 0.237 e. The molecule has 3 aromatic rings. The Labute approximate surface area is 165 Å². The lowest BCUT2D eigenvalue weighted by Crippen LogP contribution is -2.24. The number of carbonyl (C=O) groups is 1. The number of ether oxygens (including phenoxy) is 1. The largest absolute Gasteiger partial charge is 0.497 e. The van der Waals surface area contributed by atoms with Crippen LogP contribution in [0.5, 0.6) is 5.75 Å². The van der Waals surface area contributed by atoms with E-state index in [0.717, 1.165) is 11.3 Å². The van der Waals surface area contributed by atoms with E-state index in [1.54, 1.807) is 32.4 Å². The van der Waals surface area contributed by atoms with Gasteiger partial charge in [-0.3, -0.25) is 4.79 Å². The van der Waals surface area contributed by atoms with Gasteiger partial charge in [0.25, 0.3) is 0 Å². The van der Waals surface area contributed by atoms with Gasteiger partial charge in [-0.15, -0.1) is 10.2 Å². The number of nitrogens with zero attached hydrogens (tertiary/aromatic N) is 4. The molecule has 1 aromatic carbocycles. The molecular weight excluding hydrogens is 388 g/mol. The number of nitrogens with two attached hydrogens (primary N) is 1. The Kier molecular flexibility index (Phi) is 5.82. The first-order chi connectivity index (χ1) is 13.0. The molecule has 27 heavy (non-hydrogen) atoms. The van der Waals surface area contributed by atoms with Crippen LogP contribution in [0.15, 0.2) is 47.8 Å². The predicted octanol–water partition coefficient (Wildman–Crippen LogP) is 2.84. The molecule has 1 amide bonds. The second kappa shape index (κ2) is 8.28. The Balaban J connectivity index is 1.71. The SMILES string of the molecule is COc1ccc(-c2nnc(S[C@@H](C)C(=O)Nc3cccnc3Cl)n2N)cc1. The van der Waals surface area contributed by atoms with Crippen LogP contribution in [0.1, 0.15) is 6.92 Å². The van der Waals surface area contributed by atoms with E-state index in [1.807, 2.05) is 24.3 Å². The third kappa shape index (κ3) is 4.32. The maximum absolute atomic E-state index is 12.4. The van der Waals surface area contributed by atoms with Crippen LogP contribution < -0.4 is 15.9 Å². The van der Waals surface area contributed by atoms with Crippen molar-refractivity contribution in [1.29, 1.82) is 0 Å². The molecule has 0 aliphatic carbocycles. The number of nitrogen functional groups attached to an aromatic ring is 1. The first-order valence-electron chi connectivity index (χ1n) is 7.92. The summed E-state index contributed by atoms with van der Waals surface area (Å²) in [6.45, 7) is 1.74. The van der Waals surface area contributed by atoms with Crippen molar-refractivity contribution < 1.29 is 9.53 Å². The molecule has 0 saturated heterocycles. The highest BCUT2D eigenvalue weighted by Crippen LogP contribution is 2.27. The molecule has 0 saturated carbocycles. The number of hydrogen-bond donors (Lipinski definition) is 2. The second-order valence-corrected chi connectivity index (χ2v) is 7.16. The average molecular weight is 405 g/mol. The molecule has 0 bridgehead atoms. The quantitative estimate of drug-likeness (QED) is 0.369. The van der Waals surface area contributed by atoms with Crippen LogP contribution in [0.4, 0.5) is 5.69 Å². The molecule has 0 unspecified atom stereocenters. The number of hydrogen-bond acceptors (Lipinski definition) is 7. The normalized spacial score (nSPS) is 11.8. The van der Waals surface area contributed by atoms with Gasteiger partial charge in [-0.1, -0.05) is 23.4 Å². The van der Waals surface area contributed by atoms with E-state index < -0.39 is 5.25 Å². The van der Waals surface area contributed by atoms with Gasteiger partial charge in [0.15, 0.2) is 11.0 Å². The highest BCUT2D eigenvalue weighted by molar-refractivity contribution is 8.00. The maximum atomic E-state index is 12.4. The van der Waals surface area contributed by atoms with Gasteiger partial charge in [0.2, 0.25) is 11.1 Å². The molecule has 0 aliphatic heterocycles. The number of methoxy groups -OCH3 is 1. The minimum Gasteiger partial charge on any atom is -0.497 e. The first kappa shape index (κ1) is 19.0. The van der Waals surface area contributed by atoms with E-state index >= 15 is 0 Å². The molecule has 3 rings (SSSR count). The molecule has 1 atom stereocenters. The number of nitrogens with one attached hydrogen (secondary N) is 1. The second-order valence-electron chi connectivity index (χ2n) is 5.50. The Hall–Kier alpha value is -2.78. The van der Waals surface area contributed by atoms with Crippen LogP contribution in [-0.4, -0.2) is 38.1 Å². The van der Waals surface area contributed by atoms with Gasteiger partial charge in [0.05, 0.1) is 18.0 Å². The number of carbonyl (C=O) groups excluding carboxylic acids is 1. The van der Waals surface area contributed by atoms with E-state index in [4.69, 9.17) is 22.2 Å². The van der Waals surface area contributed by atoms with E-state index in [2.05, 4.69) is 20.5 Å². The number of aromatic nitrogens is 4. The van der Waals surface area contributed by atoms with Gasteiger partial charge in [-0.25, -0.2) is 9.66 Å². The summed E-state index contributed by atoms with van der Waals surface area (Å²) in [5, 5.41) is 11.1. The van der Waals surface area contributed by atoms with Crippen molar-refractivity contribution in [2.24, 2.45) is 0 Å². The molecule has 0 spiro atoms. The predicted molar refractivity (Wildman–Crippen MR) is 105 cm³/mol. The number of benzene rings is 1. The summed E-state index contributed by atoms with van der Waals surface area (Å²) in [5.74, 6) is 7.08. The van der Waals surface area contributed by atoms with E-state index in [1.165, 1.54) is 16.4 Å². The third-order valence-corrected chi connectivity index (χ3v) is 5.04. The Bertz CT molecular complexity index is 947. The number of thioether (sulfide) groups is 1. The fourth-order valence-electron chi connectivity index (χ4n) is 2.22. The zero-order valence-corrected chi connectivity index (χ0v) is 16.2. The van der Waals surface area contributed by atoms with Gasteiger partial charge in [-0.05, 0) is 43.3 Å². The van der Waals surface area contributed by atoms with Crippen molar-refractivity contribution in [2.45, 2.75) is 17.3 Å². The summed E-state index contributed by atoms with van der Waals surface area (Å²) in [6.07, 6.45) is 1.55. The molecular formula is C17H17ClN6O2S. The van der Waals surface area contributed by atoms with E-state index in [9.17, 15) is 4.79 Å². The summed E-state index contributed by atoms with van der Waals surface area (Å²) in [6, 6.07) is 10.7. The smallest absolute Gasteiger partial charge is 0.237 e. The van der Waals surface area contributed by atoms with Gasteiger partial charge in [0.1, 0.15) is 5.75 Å². The van der Waals surface area contributed by atoms with Gasteiger partial charge >= 0.3 is 0 Å². The van der Waals surface area contributed by atoms with Crippen LogP contribution in [0.3, 0.4) is 0 Å². The molecule has 8 nitrogen and oxygen atoms in total. The summed E-state index contributed by atoms with van der Waals surface area (Å²) < 4.78 is 6.49. The highest BCUT2D eigenvalue weighted by Gasteiger charge is 2.20. The zero-order valence-electron chi connectivity index (χ0n) is 14.6. The van der Waals surface area contributed by atoms with Crippen molar-refractivity contribution in [2.75, 3.05) is 18.3 Å². The van der Waals surface area contributed by atoms with Gasteiger partial charge in [0, 0.05) is 11.8 Å². The first-order valence-corrected chi connectivity index (χ1v) is 9.18. The number of amides is 1. The van der Waals surface area contributed by atoms with Crippen molar-refractivity contribution >= 4 is 35.0 Å². The molecule has 140 valence electrons. The zero-order chi connectivity index (χ0) is 19.4. The van der Waals surface area contributed by atoms with Crippen LogP contribution in [0, 0.1) is 0 Å². The standard InChI is InChI=1S/C17H17ClN6O2S/c1-10(16(25)21-13-4-3-9-20-14(13)18)27-17-23-22-15(24(17)19)11-5-7-12(26-2)8-6-11/h3-10H,19H2,1-2H3,(H,21,25)/t10-/m0/s1. The van der Waals surface area contributed by atoms with Crippen LogP contribution in [0.25, 0.3) is 11.4 Å². The fraction of sp³-hybridized carbons (Fsp3) is 0.176. The fourth-order valence-corrected chi connectivity index (χ4v) is 3.16. The summed E-state index contributed by atoms with van der Waals surface area (Å²) in [7, 11) is 1.60. The van der Waals surface area contributed by atoms with Gasteiger partial charge < -0.3 is 15.9 Å². The minimum absolute atomic E-state index is 0.229. The highest BCUT2D eigenvalue weighted by atomic mass is 35.5. The summed E-state index contributed by atoms with van der Waals surface area (Å²) >= 11 is 7.15. The average Bonchev–Trinajstić information content (AvgIpc) is 3.04. The van der Waals surface area contributed by atoms with Crippen molar-refractivity contribution in [1.82, 2.24) is 19.9 Å². The Morgan fingerprint density at radius 3 is 2.70 bits per heavy atom. The third-order valence-electron chi connectivity index (χ3n) is 3.68. The Morgan fingerprint density at radius 1 is 1.30 bits per heavy atom. The van der Waals surface area contributed by atoms with E-state index in [-0.39, 0.29) is 11.1 Å². The van der Waals surface area contributed by atoms with Crippen LogP contribution in [-0.2, 0) is 4.79 Å². The van der Waals surface area contributed by atoms with Crippen LogP contribution >= 0.6 is 23.4 Å². The summed E-state index contributed by atoms with van der Waals surface area (Å²) in [5.41, 5.74) is 1.24. The molecule has 3 N–H and O–H groups in total. The monoisotopic (exact) mass is 404 g/mol. The molecule has 0 aliphatic rings. The van der Waals surface area contributed by atoms with Crippen LogP contribution in [0.2, 0.25) is 5.15 Å². The minimum atomic E-state index is -0.475. The number of anilines is 1. The van der Waals surface area contributed by atoms with Crippen molar-refractivity contribution in [3.05, 3.63) is 47.7 Å². The lowest BCUT2D eigenvalue weighted by atomic mass is 10.2. The summed E-state index contributed by atoms with van der Waals surface area (Å²) in [4.78, 5) is 16.3. The number of pyridine rings is 1.